The van der Waals surface area contributed by atoms with Crippen molar-refractivity contribution in [1.29, 1.82) is 0 Å². The normalized spacial score (nSPS) is 18.0. The maximum atomic E-state index is 14.2. The van der Waals surface area contributed by atoms with Gasteiger partial charge in [-0.3, -0.25) is 4.79 Å². The van der Waals surface area contributed by atoms with E-state index >= 15 is 0 Å². The zero-order chi connectivity index (χ0) is 21.1. The Kier molecular flexibility index (Phi) is 6.84. The molecule has 3 nitrogen and oxygen atoms in total. The molecule has 0 aromatic heterocycles. The number of Topliss-reactive ketones (excluding diaryl/α,β-unsaturated/α-hetero) is 1. The summed E-state index contributed by atoms with van der Waals surface area (Å²) >= 11 is 0. The maximum absolute atomic E-state index is 14.2. The smallest absolute Gasteiger partial charge is 0.153 e. The monoisotopic (exact) mass is 382 g/mol. The van der Waals surface area contributed by atoms with Crippen LogP contribution in [0.1, 0.15) is 62.8 Å². The summed E-state index contributed by atoms with van der Waals surface area (Å²) in [5, 5.41) is 20.5. The molecule has 0 spiro atoms. The number of rotatable bonds is 8. The number of carbonyl (C=O) groups excluding carboxylic acids is 1. The molecule has 2 aromatic rings. The second-order valence-corrected chi connectivity index (χ2v) is 8.84. The predicted molar refractivity (Wildman–Crippen MR) is 115 cm³/mol. The van der Waals surface area contributed by atoms with E-state index in [2.05, 4.69) is 0 Å². The van der Waals surface area contributed by atoms with E-state index in [0.717, 1.165) is 22.3 Å². The van der Waals surface area contributed by atoms with E-state index < -0.39 is 23.0 Å². The van der Waals surface area contributed by atoms with Gasteiger partial charge in [0.25, 0.3) is 0 Å². The van der Waals surface area contributed by atoms with Crippen molar-refractivity contribution in [3.05, 3.63) is 70.8 Å². The van der Waals surface area contributed by atoms with Gasteiger partial charge in [0.2, 0.25) is 0 Å². The van der Waals surface area contributed by atoms with E-state index in [1.807, 2.05) is 76.2 Å². The zero-order valence-corrected chi connectivity index (χ0v) is 18.0. The fraction of sp³-hybridized carbons (Fsp3) is 0.480. The first kappa shape index (κ1) is 22.3. The lowest BCUT2D eigenvalue weighted by Crippen LogP contribution is -2.48. The van der Waals surface area contributed by atoms with Gasteiger partial charge in [0.1, 0.15) is 0 Å². The summed E-state index contributed by atoms with van der Waals surface area (Å²) in [4.78, 5) is 14.2. The molecule has 0 bridgehead atoms. The van der Waals surface area contributed by atoms with Gasteiger partial charge in [-0.2, -0.15) is 0 Å². The highest BCUT2D eigenvalue weighted by Crippen LogP contribution is 2.42. The van der Waals surface area contributed by atoms with Crippen molar-refractivity contribution in [2.24, 2.45) is 0 Å². The molecule has 0 saturated heterocycles. The first-order chi connectivity index (χ1) is 13.0. The molecule has 2 rings (SSSR count). The molecule has 0 aliphatic carbocycles. The van der Waals surface area contributed by atoms with E-state index in [4.69, 9.17) is 0 Å². The van der Waals surface area contributed by atoms with Crippen LogP contribution in [0.5, 0.6) is 0 Å². The Morgan fingerprint density at radius 1 is 0.821 bits per heavy atom. The Labute approximate surface area is 169 Å². The van der Waals surface area contributed by atoms with Gasteiger partial charge in [-0.1, -0.05) is 59.7 Å². The molecule has 3 heteroatoms. The molecule has 0 heterocycles. The van der Waals surface area contributed by atoms with Crippen LogP contribution in [0, 0.1) is 13.8 Å². The van der Waals surface area contributed by atoms with E-state index in [0.29, 0.717) is 12.8 Å². The minimum Gasteiger partial charge on any atom is -0.393 e. The van der Waals surface area contributed by atoms with Crippen LogP contribution in [0.3, 0.4) is 0 Å². The highest BCUT2D eigenvalue weighted by atomic mass is 16.3. The second kappa shape index (κ2) is 8.59. The third-order valence-corrected chi connectivity index (χ3v) is 5.72. The van der Waals surface area contributed by atoms with Crippen LogP contribution in [-0.2, 0) is 15.6 Å². The van der Waals surface area contributed by atoms with Gasteiger partial charge in [0.05, 0.1) is 23.0 Å². The van der Waals surface area contributed by atoms with Crippen molar-refractivity contribution in [1.82, 2.24) is 0 Å². The lowest BCUT2D eigenvalue weighted by Gasteiger charge is -2.40. The number of ketones is 1. The summed E-state index contributed by atoms with van der Waals surface area (Å²) in [5.74, 6) is 0.0259. The molecular weight excluding hydrogens is 348 g/mol. The molecule has 0 saturated carbocycles. The van der Waals surface area contributed by atoms with Gasteiger partial charge in [-0.25, -0.2) is 0 Å². The van der Waals surface area contributed by atoms with Gasteiger partial charge in [0, 0.05) is 0 Å². The maximum Gasteiger partial charge on any atom is 0.153 e. The molecule has 2 aromatic carbocycles. The minimum atomic E-state index is -0.867. The molecule has 0 aliphatic rings. The van der Waals surface area contributed by atoms with Crippen LogP contribution in [0.25, 0.3) is 0 Å². The van der Waals surface area contributed by atoms with E-state index in [1.165, 1.54) is 0 Å². The number of aliphatic hydroxyl groups excluding tert-OH is 2. The molecule has 4 unspecified atom stereocenters. The molecule has 0 amide bonds. The van der Waals surface area contributed by atoms with Crippen LogP contribution in [0.4, 0.5) is 0 Å². The summed E-state index contributed by atoms with van der Waals surface area (Å²) in [5.41, 5.74) is 2.23. The summed E-state index contributed by atoms with van der Waals surface area (Å²) in [6.07, 6.45) is -0.585. The number of benzene rings is 2. The van der Waals surface area contributed by atoms with E-state index in [-0.39, 0.29) is 5.78 Å². The quantitative estimate of drug-likeness (QED) is 0.700. The van der Waals surface area contributed by atoms with Crippen LogP contribution < -0.4 is 0 Å². The van der Waals surface area contributed by atoms with Crippen LogP contribution in [0.15, 0.2) is 48.5 Å². The van der Waals surface area contributed by atoms with Crippen LogP contribution in [-0.4, -0.2) is 28.2 Å². The average Bonchev–Trinajstić information content (AvgIpc) is 2.59. The highest BCUT2D eigenvalue weighted by Gasteiger charge is 2.47. The lowest BCUT2D eigenvalue weighted by molar-refractivity contribution is -0.131. The number of aryl methyl sites for hydroxylation is 2. The third-order valence-electron chi connectivity index (χ3n) is 5.72. The van der Waals surface area contributed by atoms with E-state index in [9.17, 15) is 15.0 Å². The van der Waals surface area contributed by atoms with Crippen LogP contribution >= 0.6 is 0 Å². The van der Waals surface area contributed by atoms with Crippen molar-refractivity contribution in [3.63, 3.8) is 0 Å². The molecule has 28 heavy (non-hydrogen) atoms. The fourth-order valence-electron chi connectivity index (χ4n) is 4.45. The summed E-state index contributed by atoms with van der Waals surface area (Å²) in [7, 11) is 0. The summed E-state index contributed by atoms with van der Waals surface area (Å²) in [6, 6.07) is 15.9. The van der Waals surface area contributed by atoms with Gasteiger partial charge < -0.3 is 10.2 Å². The number of aliphatic hydroxyl groups is 2. The first-order valence-electron chi connectivity index (χ1n) is 10.0. The van der Waals surface area contributed by atoms with Crippen molar-refractivity contribution in [2.45, 2.75) is 77.4 Å². The molecule has 152 valence electrons. The number of hydrogen-bond acceptors (Lipinski definition) is 3. The van der Waals surface area contributed by atoms with Crippen molar-refractivity contribution >= 4 is 5.78 Å². The van der Waals surface area contributed by atoms with Gasteiger partial charge in [-0.15, -0.1) is 0 Å². The van der Waals surface area contributed by atoms with Crippen molar-refractivity contribution in [3.8, 4) is 0 Å². The number of hydrogen-bond donors (Lipinski definition) is 2. The Bertz CT molecular complexity index is 757. The van der Waals surface area contributed by atoms with Gasteiger partial charge in [0.15, 0.2) is 5.78 Å². The minimum absolute atomic E-state index is 0.0259. The van der Waals surface area contributed by atoms with Gasteiger partial charge >= 0.3 is 0 Å². The van der Waals surface area contributed by atoms with Gasteiger partial charge in [-0.05, 0) is 65.5 Å². The lowest BCUT2D eigenvalue weighted by atomic mass is 9.61. The molecule has 0 aliphatic heterocycles. The van der Waals surface area contributed by atoms with Crippen molar-refractivity contribution in [2.75, 3.05) is 0 Å². The molecule has 0 fully saturated rings. The standard InChI is InChI=1S/C25H34O3/c1-17-9-7-11-21(13-17)24(5,15-19(3)26)23(28)25(6,16-20(4)27)22-12-8-10-18(2)14-22/h7-14,19-20,26-27H,15-16H2,1-6H3. The second-order valence-electron chi connectivity index (χ2n) is 8.84. The molecule has 2 N–H and O–H groups in total. The molecule has 0 radical (unpaired) electrons. The van der Waals surface area contributed by atoms with Crippen molar-refractivity contribution < 1.29 is 15.0 Å². The Morgan fingerprint density at radius 3 is 1.46 bits per heavy atom. The third kappa shape index (κ3) is 4.71. The van der Waals surface area contributed by atoms with Crippen LogP contribution in [0.2, 0.25) is 0 Å². The largest absolute Gasteiger partial charge is 0.393 e. The Hall–Kier alpha value is -1.97. The summed E-state index contributed by atoms with van der Waals surface area (Å²) < 4.78 is 0. The topological polar surface area (TPSA) is 57.5 Å². The zero-order valence-electron chi connectivity index (χ0n) is 18.0. The Balaban J connectivity index is 2.66. The predicted octanol–water partition coefficient (Wildman–Crippen LogP) is 4.63. The molecule has 4 atom stereocenters. The Morgan fingerprint density at radius 2 is 1.18 bits per heavy atom. The van der Waals surface area contributed by atoms with E-state index in [1.54, 1.807) is 13.8 Å². The highest BCUT2D eigenvalue weighted by molar-refractivity contribution is 5.98. The summed E-state index contributed by atoms with van der Waals surface area (Å²) in [6.45, 7) is 11.3. The molecular formula is C25H34O3. The number of carbonyl (C=O) groups is 1. The SMILES string of the molecule is Cc1cccc(C(C)(CC(C)O)C(=O)C(C)(CC(C)O)c2cccc(C)c2)c1. The average molecular weight is 383 g/mol. The first-order valence-corrected chi connectivity index (χ1v) is 10.0. The fourth-order valence-corrected chi connectivity index (χ4v) is 4.45.